The molecule has 4 rings (SSSR count). The first-order valence-electron chi connectivity index (χ1n) is 7.39. The van der Waals surface area contributed by atoms with Gasteiger partial charge in [0.05, 0.1) is 35.4 Å². The Balaban J connectivity index is 1.83. The largest absolute Gasteiger partial charge is 0.467 e. The van der Waals surface area contributed by atoms with Crippen molar-refractivity contribution in [3.8, 4) is 5.75 Å². The first-order valence-corrected chi connectivity index (χ1v) is 8.52. The van der Waals surface area contributed by atoms with Crippen LogP contribution in [0.3, 0.4) is 0 Å². The van der Waals surface area contributed by atoms with E-state index in [-0.39, 0.29) is 18.9 Å². The van der Waals surface area contributed by atoms with Crippen molar-refractivity contribution in [2.24, 2.45) is 0 Å². The lowest BCUT2D eigenvalue weighted by Gasteiger charge is -2.21. The van der Waals surface area contributed by atoms with Crippen molar-refractivity contribution in [3.63, 3.8) is 0 Å². The zero-order valence-corrected chi connectivity index (χ0v) is 15.0. The molecule has 1 aliphatic heterocycles. The normalized spacial score (nSPS) is 13.6. The molecule has 1 aromatic heterocycles. The number of halogens is 3. The van der Waals surface area contributed by atoms with E-state index in [1.807, 2.05) is 0 Å². The molecule has 0 amide bonds. The number of hydrogen-bond donors (Lipinski definition) is 0. The van der Waals surface area contributed by atoms with Crippen LogP contribution in [0.2, 0.25) is 15.1 Å². The smallest absolute Gasteiger partial charge is 0.261 e. The van der Waals surface area contributed by atoms with Crippen molar-refractivity contribution in [3.05, 3.63) is 67.1 Å². The highest BCUT2D eigenvalue weighted by Gasteiger charge is 2.18. The van der Waals surface area contributed by atoms with Crippen molar-refractivity contribution in [2.45, 2.75) is 13.2 Å². The second kappa shape index (κ2) is 6.50. The molecule has 0 spiro atoms. The fourth-order valence-electron chi connectivity index (χ4n) is 2.87. The Morgan fingerprint density at radius 3 is 2.76 bits per heavy atom. The minimum absolute atomic E-state index is 0.164. The minimum Gasteiger partial charge on any atom is -0.467 e. The van der Waals surface area contributed by atoms with Crippen LogP contribution in [0.5, 0.6) is 5.75 Å². The maximum absolute atomic E-state index is 12.8. The maximum Gasteiger partial charge on any atom is 0.261 e. The van der Waals surface area contributed by atoms with Crippen LogP contribution in [-0.2, 0) is 17.9 Å². The van der Waals surface area contributed by atoms with Gasteiger partial charge in [0.2, 0.25) is 0 Å². The molecule has 0 saturated carbocycles. The first kappa shape index (κ1) is 16.7. The summed E-state index contributed by atoms with van der Waals surface area (Å²) in [6, 6.07) is 6.68. The van der Waals surface area contributed by atoms with Crippen LogP contribution in [0.15, 0.2) is 35.4 Å². The van der Waals surface area contributed by atoms with Gasteiger partial charge in [0.15, 0.2) is 6.79 Å². The molecule has 0 fully saturated rings. The number of aromatic nitrogens is 2. The predicted molar refractivity (Wildman–Crippen MR) is 96.9 cm³/mol. The molecule has 25 heavy (non-hydrogen) atoms. The highest BCUT2D eigenvalue weighted by atomic mass is 35.5. The number of fused-ring (bicyclic) bond motifs is 2. The molecule has 0 radical (unpaired) electrons. The Morgan fingerprint density at radius 1 is 1.12 bits per heavy atom. The average molecular weight is 398 g/mol. The van der Waals surface area contributed by atoms with Crippen LogP contribution in [0, 0.1) is 0 Å². The first-order chi connectivity index (χ1) is 12.0. The van der Waals surface area contributed by atoms with Crippen molar-refractivity contribution in [2.75, 3.05) is 6.79 Å². The third-order valence-electron chi connectivity index (χ3n) is 3.94. The average Bonchev–Trinajstić information content (AvgIpc) is 2.57. The van der Waals surface area contributed by atoms with Gasteiger partial charge in [-0.2, -0.15) is 0 Å². The van der Waals surface area contributed by atoms with Gasteiger partial charge in [-0.25, -0.2) is 4.98 Å². The van der Waals surface area contributed by atoms with Crippen LogP contribution in [-0.4, -0.2) is 16.3 Å². The number of hydrogen-bond acceptors (Lipinski definition) is 4. The van der Waals surface area contributed by atoms with Crippen LogP contribution in [0.4, 0.5) is 0 Å². The highest BCUT2D eigenvalue weighted by molar-refractivity contribution is 6.38. The second-order valence-corrected chi connectivity index (χ2v) is 6.91. The van der Waals surface area contributed by atoms with E-state index in [2.05, 4.69) is 4.98 Å². The van der Waals surface area contributed by atoms with Crippen molar-refractivity contribution in [1.29, 1.82) is 0 Å². The third kappa shape index (κ3) is 3.09. The molecule has 0 aliphatic carbocycles. The van der Waals surface area contributed by atoms with E-state index in [0.29, 0.717) is 38.3 Å². The van der Waals surface area contributed by atoms with Gasteiger partial charge in [-0.05, 0) is 24.3 Å². The molecule has 0 N–H and O–H groups in total. The van der Waals surface area contributed by atoms with E-state index in [0.717, 1.165) is 11.1 Å². The molecule has 5 nitrogen and oxygen atoms in total. The van der Waals surface area contributed by atoms with E-state index in [1.54, 1.807) is 24.3 Å². The summed E-state index contributed by atoms with van der Waals surface area (Å²) in [5.41, 5.74) is 1.81. The zero-order valence-electron chi connectivity index (χ0n) is 12.8. The van der Waals surface area contributed by atoms with Gasteiger partial charge >= 0.3 is 0 Å². The third-order valence-corrected chi connectivity index (χ3v) is 4.66. The van der Waals surface area contributed by atoms with E-state index in [1.165, 1.54) is 10.9 Å². The van der Waals surface area contributed by atoms with Gasteiger partial charge in [-0.1, -0.05) is 34.8 Å². The molecule has 0 bridgehead atoms. The number of nitrogens with zero attached hydrogens (tertiary/aromatic N) is 2. The summed E-state index contributed by atoms with van der Waals surface area (Å²) in [4.78, 5) is 17.1. The van der Waals surface area contributed by atoms with Crippen LogP contribution >= 0.6 is 34.8 Å². The highest BCUT2D eigenvalue weighted by Crippen LogP contribution is 2.32. The molecule has 1 aliphatic rings. The Hall–Kier alpha value is -1.79. The summed E-state index contributed by atoms with van der Waals surface area (Å²) in [5.74, 6) is 0.687. The fraction of sp³-hybridized carbons (Fsp3) is 0.176. The molecular weight excluding hydrogens is 387 g/mol. The van der Waals surface area contributed by atoms with Crippen molar-refractivity contribution >= 4 is 45.7 Å². The molecule has 0 saturated heterocycles. The Labute approximate surface area is 157 Å². The van der Waals surface area contributed by atoms with Gasteiger partial charge in [-0.15, -0.1) is 0 Å². The van der Waals surface area contributed by atoms with Gasteiger partial charge < -0.3 is 9.47 Å². The van der Waals surface area contributed by atoms with Crippen LogP contribution in [0.1, 0.15) is 11.1 Å². The molecule has 8 heteroatoms. The summed E-state index contributed by atoms with van der Waals surface area (Å²) >= 11 is 18.3. The van der Waals surface area contributed by atoms with Crippen LogP contribution in [0.25, 0.3) is 10.9 Å². The molecule has 2 heterocycles. The van der Waals surface area contributed by atoms with Gasteiger partial charge in [0.1, 0.15) is 5.75 Å². The van der Waals surface area contributed by atoms with Gasteiger partial charge in [-0.3, -0.25) is 9.36 Å². The summed E-state index contributed by atoms with van der Waals surface area (Å²) in [5, 5.41) is 1.64. The SMILES string of the molecule is O=c1c2cc(Cl)cc(Cl)c2ncn1Cc1cc(Cl)cc2c1OCOC2. The Bertz CT molecular complexity index is 1050. The summed E-state index contributed by atoms with van der Waals surface area (Å²) in [7, 11) is 0. The molecule has 3 aromatic rings. The van der Waals surface area contributed by atoms with Crippen molar-refractivity contribution < 1.29 is 9.47 Å². The quantitative estimate of drug-likeness (QED) is 0.648. The second-order valence-electron chi connectivity index (χ2n) is 5.63. The van der Waals surface area contributed by atoms with Crippen LogP contribution < -0.4 is 10.3 Å². The monoisotopic (exact) mass is 396 g/mol. The lowest BCUT2D eigenvalue weighted by atomic mass is 10.1. The summed E-state index contributed by atoms with van der Waals surface area (Å²) < 4.78 is 12.3. The number of rotatable bonds is 2. The van der Waals surface area contributed by atoms with Crippen molar-refractivity contribution in [1.82, 2.24) is 9.55 Å². The fourth-order valence-corrected chi connectivity index (χ4v) is 3.67. The van der Waals surface area contributed by atoms with E-state index < -0.39 is 0 Å². The zero-order chi connectivity index (χ0) is 17.6. The summed E-state index contributed by atoms with van der Waals surface area (Å²) in [6.45, 7) is 0.839. The molecule has 2 aromatic carbocycles. The van der Waals surface area contributed by atoms with E-state index in [9.17, 15) is 4.79 Å². The standard InChI is InChI=1S/C17H11Cl3N2O3/c18-11-1-9(16-10(2-11)6-24-8-25-16)5-22-7-21-15-13(17(22)23)3-12(19)4-14(15)20/h1-4,7H,5-6,8H2. The molecular formula is C17H11Cl3N2O3. The van der Waals surface area contributed by atoms with Gasteiger partial charge in [0, 0.05) is 21.2 Å². The Morgan fingerprint density at radius 2 is 1.92 bits per heavy atom. The molecule has 0 atom stereocenters. The van der Waals surface area contributed by atoms with Gasteiger partial charge in [0.25, 0.3) is 5.56 Å². The molecule has 0 unspecified atom stereocenters. The Kier molecular flexibility index (Phi) is 4.33. The number of ether oxygens (including phenoxy) is 2. The predicted octanol–water partition coefficient (Wildman–Crippen LogP) is 4.27. The lowest BCUT2D eigenvalue weighted by molar-refractivity contribution is -0.0170. The number of benzene rings is 2. The van der Waals surface area contributed by atoms with E-state index in [4.69, 9.17) is 44.3 Å². The minimum atomic E-state index is -0.241. The topological polar surface area (TPSA) is 53.4 Å². The lowest BCUT2D eigenvalue weighted by Crippen LogP contribution is -2.22. The maximum atomic E-state index is 12.8. The summed E-state index contributed by atoms with van der Waals surface area (Å²) in [6.07, 6.45) is 1.46. The molecule has 128 valence electrons. The van der Waals surface area contributed by atoms with E-state index >= 15 is 0 Å².